The third-order valence-electron chi connectivity index (χ3n) is 7.96. The molecule has 0 spiro atoms. The predicted octanol–water partition coefficient (Wildman–Crippen LogP) is 3.70. The fourth-order valence-electron chi connectivity index (χ4n) is 6.48. The van der Waals surface area contributed by atoms with Crippen molar-refractivity contribution in [1.82, 2.24) is 9.88 Å². The maximum absolute atomic E-state index is 11.7. The minimum absolute atomic E-state index is 0.326. The zero-order chi connectivity index (χ0) is 20.7. The standard InChI is InChI=1S/C25H31N3O2/c1-30-25(18-12-13-27-22(14-18)24(26)29)19-8-5-9-20(25)16-28(15-19)23-11-10-21(23)17-6-3-2-4-7-17/h2-4,6-7,12-14,19-21,23H,5,8-11,15-16H2,1H3,(H2,26,29)/t19-,20+,21?,23?,25-. The van der Waals surface area contributed by atoms with E-state index in [4.69, 9.17) is 10.5 Å². The number of carbonyl (C=O) groups excluding carboxylic acids is 1. The zero-order valence-corrected chi connectivity index (χ0v) is 17.7. The summed E-state index contributed by atoms with van der Waals surface area (Å²) in [5, 5.41) is 0. The number of benzene rings is 1. The Labute approximate surface area is 178 Å². The van der Waals surface area contributed by atoms with Crippen molar-refractivity contribution < 1.29 is 9.53 Å². The van der Waals surface area contributed by atoms with Crippen molar-refractivity contribution in [3.8, 4) is 0 Å². The second-order valence-electron chi connectivity index (χ2n) is 9.23. The Bertz CT molecular complexity index is 902. The van der Waals surface area contributed by atoms with Gasteiger partial charge in [-0.25, -0.2) is 0 Å². The average Bonchev–Trinajstić information content (AvgIpc) is 2.73. The van der Waals surface area contributed by atoms with Gasteiger partial charge in [0.05, 0.1) is 0 Å². The van der Waals surface area contributed by atoms with Gasteiger partial charge in [-0.15, -0.1) is 0 Å². The molecule has 2 N–H and O–H groups in total. The molecule has 2 heterocycles. The number of methoxy groups -OCH3 is 1. The lowest BCUT2D eigenvalue weighted by molar-refractivity contribution is -0.179. The Kier molecular flexibility index (Phi) is 5.11. The van der Waals surface area contributed by atoms with E-state index in [0.29, 0.717) is 29.5 Å². The highest BCUT2D eigenvalue weighted by Crippen LogP contribution is 2.53. The molecule has 2 aliphatic carbocycles. The van der Waals surface area contributed by atoms with E-state index in [-0.39, 0.29) is 5.60 Å². The van der Waals surface area contributed by atoms with Gasteiger partial charge in [-0.3, -0.25) is 14.7 Å². The van der Waals surface area contributed by atoms with Crippen LogP contribution in [0, 0.1) is 11.8 Å². The minimum atomic E-state index is -0.481. The Morgan fingerprint density at radius 3 is 2.43 bits per heavy atom. The SMILES string of the molecule is CO[C@]1(c2ccnc(C(N)=O)c2)[C@@H]2CCC[C@H]1CN(C1CCC1c1ccccc1)C2. The number of pyridine rings is 1. The number of ether oxygens (including phenoxy) is 1. The summed E-state index contributed by atoms with van der Waals surface area (Å²) in [6.45, 7) is 2.10. The molecule has 5 rings (SSSR count). The molecule has 1 saturated heterocycles. The highest BCUT2D eigenvalue weighted by atomic mass is 16.5. The van der Waals surface area contributed by atoms with Gasteiger partial charge in [0.2, 0.25) is 0 Å². The molecule has 3 aliphatic rings. The van der Waals surface area contributed by atoms with Crippen LogP contribution in [0.5, 0.6) is 0 Å². The summed E-state index contributed by atoms with van der Waals surface area (Å²) in [4.78, 5) is 18.6. The molecule has 2 unspecified atom stereocenters. The molecule has 2 bridgehead atoms. The van der Waals surface area contributed by atoms with Crippen LogP contribution < -0.4 is 5.73 Å². The number of aromatic nitrogens is 1. The van der Waals surface area contributed by atoms with E-state index in [9.17, 15) is 4.79 Å². The molecular formula is C25H31N3O2. The number of amides is 1. The molecule has 1 aliphatic heterocycles. The highest BCUT2D eigenvalue weighted by molar-refractivity contribution is 5.90. The summed E-state index contributed by atoms with van der Waals surface area (Å²) in [5.41, 5.74) is 8.03. The van der Waals surface area contributed by atoms with Crippen LogP contribution in [0.25, 0.3) is 0 Å². The molecule has 1 aromatic heterocycles. The van der Waals surface area contributed by atoms with Crippen LogP contribution >= 0.6 is 0 Å². The Morgan fingerprint density at radius 2 is 1.83 bits per heavy atom. The molecule has 1 aromatic carbocycles. The lowest BCUT2D eigenvalue weighted by atomic mass is 9.61. The lowest BCUT2D eigenvalue weighted by Crippen LogP contribution is -2.62. The topological polar surface area (TPSA) is 68.5 Å². The number of fused-ring (bicyclic) bond motifs is 2. The number of primary amides is 1. The van der Waals surface area contributed by atoms with Gasteiger partial charge < -0.3 is 10.5 Å². The van der Waals surface area contributed by atoms with Crippen LogP contribution in [0.15, 0.2) is 48.7 Å². The van der Waals surface area contributed by atoms with Gasteiger partial charge in [0.1, 0.15) is 11.3 Å². The number of likely N-dealkylation sites (tertiary alicyclic amines) is 1. The molecule has 30 heavy (non-hydrogen) atoms. The van der Waals surface area contributed by atoms with E-state index in [1.807, 2.05) is 19.2 Å². The van der Waals surface area contributed by atoms with E-state index >= 15 is 0 Å². The lowest BCUT2D eigenvalue weighted by Gasteiger charge is -2.58. The summed E-state index contributed by atoms with van der Waals surface area (Å²) in [6.07, 6.45) is 7.81. The summed E-state index contributed by atoms with van der Waals surface area (Å²) in [7, 11) is 1.83. The van der Waals surface area contributed by atoms with Crippen LogP contribution in [0.2, 0.25) is 0 Å². The number of nitrogens with two attached hydrogens (primary N) is 1. The van der Waals surface area contributed by atoms with Crippen molar-refractivity contribution in [1.29, 1.82) is 0 Å². The normalized spacial score (nSPS) is 33.6. The van der Waals surface area contributed by atoms with Gasteiger partial charge in [-0.2, -0.15) is 0 Å². The zero-order valence-electron chi connectivity index (χ0n) is 17.7. The quantitative estimate of drug-likeness (QED) is 0.824. The van der Waals surface area contributed by atoms with Crippen LogP contribution in [-0.2, 0) is 10.3 Å². The number of piperidine rings is 1. The first-order valence-electron chi connectivity index (χ1n) is 11.2. The Hall–Kier alpha value is -2.24. The first kappa shape index (κ1) is 19.7. The van der Waals surface area contributed by atoms with Gasteiger partial charge in [0.25, 0.3) is 5.91 Å². The molecule has 158 valence electrons. The van der Waals surface area contributed by atoms with Gasteiger partial charge in [-0.05, 0) is 54.9 Å². The number of hydrogen-bond acceptors (Lipinski definition) is 4. The van der Waals surface area contributed by atoms with E-state index in [1.54, 1.807) is 6.20 Å². The molecular weight excluding hydrogens is 374 g/mol. The fourth-order valence-corrected chi connectivity index (χ4v) is 6.48. The molecule has 5 atom stereocenters. The van der Waals surface area contributed by atoms with E-state index < -0.39 is 5.91 Å². The van der Waals surface area contributed by atoms with Crippen LogP contribution in [0.1, 0.15) is 59.6 Å². The van der Waals surface area contributed by atoms with Gasteiger partial charge in [-0.1, -0.05) is 36.8 Å². The summed E-state index contributed by atoms with van der Waals surface area (Å²) < 4.78 is 6.35. The molecule has 5 heteroatoms. The second kappa shape index (κ2) is 7.78. The van der Waals surface area contributed by atoms with Crippen molar-refractivity contribution in [2.24, 2.45) is 17.6 Å². The van der Waals surface area contributed by atoms with E-state index in [1.165, 1.54) is 24.8 Å². The Balaban J connectivity index is 1.44. The van der Waals surface area contributed by atoms with E-state index in [0.717, 1.165) is 31.5 Å². The van der Waals surface area contributed by atoms with Crippen molar-refractivity contribution >= 4 is 5.91 Å². The molecule has 1 amide bonds. The summed E-state index contributed by atoms with van der Waals surface area (Å²) >= 11 is 0. The number of hydrogen-bond donors (Lipinski definition) is 1. The van der Waals surface area contributed by atoms with Crippen LogP contribution in [-0.4, -0.2) is 42.0 Å². The molecule has 2 saturated carbocycles. The van der Waals surface area contributed by atoms with E-state index in [2.05, 4.69) is 40.2 Å². The van der Waals surface area contributed by atoms with Gasteiger partial charge >= 0.3 is 0 Å². The van der Waals surface area contributed by atoms with Crippen LogP contribution in [0.3, 0.4) is 0 Å². The number of rotatable bonds is 5. The third kappa shape index (κ3) is 3.07. The molecule has 0 radical (unpaired) electrons. The van der Waals surface area contributed by atoms with Crippen LogP contribution in [0.4, 0.5) is 0 Å². The van der Waals surface area contributed by atoms with Gasteiger partial charge in [0, 0.05) is 44.3 Å². The van der Waals surface area contributed by atoms with Crippen molar-refractivity contribution in [2.45, 2.75) is 49.7 Å². The molecule has 2 aromatic rings. The van der Waals surface area contributed by atoms with Crippen molar-refractivity contribution in [3.05, 3.63) is 65.5 Å². The average molecular weight is 406 g/mol. The first-order chi connectivity index (χ1) is 14.6. The largest absolute Gasteiger partial charge is 0.373 e. The minimum Gasteiger partial charge on any atom is -0.373 e. The monoisotopic (exact) mass is 405 g/mol. The smallest absolute Gasteiger partial charge is 0.267 e. The maximum Gasteiger partial charge on any atom is 0.267 e. The van der Waals surface area contributed by atoms with Crippen molar-refractivity contribution in [3.63, 3.8) is 0 Å². The number of nitrogens with zero attached hydrogens (tertiary/aromatic N) is 2. The maximum atomic E-state index is 11.7. The summed E-state index contributed by atoms with van der Waals surface area (Å²) in [5.74, 6) is 0.987. The fraction of sp³-hybridized carbons (Fsp3) is 0.520. The second-order valence-corrected chi connectivity index (χ2v) is 9.23. The van der Waals surface area contributed by atoms with Crippen molar-refractivity contribution in [2.75, 3.05) is 20.2 Å². The first-order valence-corrected chi connectivity index (χ1v) is 11.2. The Morgan fingerprint density at radius 1 is 1.10 bits per heavy atom. The summed E-state index contributed by atoms with van der Waals surface area (Å²) in [6, 6.07) is 15.5. The molecule has 5 nitrogen and oxygen atoms in total. The molecule has 3 fully saturated rings. The predicted molar refractivity (Wildman–Crippen MR) is 116 cm³/mol. The highest BCUT2D eigenvalue weighted by Gasteiger charge is 2.55. The number of carbonyl (C=O) groups is 1. The van der Waals surface area contributed by atoms with Gasteiger partial charge in [0.15, 0.2) is 0 Å². The third-order valence-corrected chi connectivity index (χ3v) is 7.96.